The van der Waals surface area contributed by atoms with Crippen LogP contribution in [0.15, 0.2) is 334 Å². The standard InChI is InChI=1S/C122H126N2/c1-115(2,3)89-66-87(67-90(71-89)116(4,5)6)103-54-36-45-83-47-39-57-108(113(83)103)106-52-32-35-60-111(106)124(98-77-94(120(16,17)18)73-95(78-98)121(19,20)21)112-70-86(62-64-102(112)82-43-28-25-29-44-82)99-53-40-49-85-65-80(61-63-100(85)99)79-122(22,23)96-69-88(68-91(74-96)117(7,8)9)104-55-37-46-84-48-38-56-107(114(84)104)105-51-31-34-59-110(105)123(109-58-33-30-50-101(109)81-41-26-24-27-42-81)97-75-92(118(10,11)12)72-93(76-97)119(13,14)15/h24-78H,79H2,1-23H3. The Labute approximate surface area is 741 Å². The van der Waals surface area contributed by atoms with E-state index in [1.807, 2.05) is 0 Å². The van der Waals surface area contributed by atoms with E-state index in [-0.39, 0.29) is 43.3 Å². The molecule has 0 radical (unpaired) electrons. The lowest BCUT2D eigenvalue weighted by Crippen LogP contribution is -2.22. The molecule has 0 aliphatic rings. The number of hydrogen-bond acceptors (Lipinski definition) is 2. The number of hydrogen-bond donors (Lipinski definition) is 0. The van der Waals surface area contributed by atoms with Gasteiger partial charge in [0.2, 0.25) is 0 Å². The van der Waals surface area contributed by atoms with Crippen molar-refractivity contribution in [2.24, 2.45) is 0 Å². The van der Waals surface area contributed by atoms with Gasteiger partial charge in [0.1, 0.15) is 0 Å². The van der Waals surface area contributed by atoms with E-state index in [4.69, 9.17) is 0 Å². The van der Waals surface area contributed by atoms with Gasteiger partial charge in [-0.25, -0.2) is 0 Å². The molecular weight excluding hydrogens is 1490 g/mol. The van der Waals surface area contributed by atoms with Crippen LogP contribution in [-0.4, -0.2) is 0 Å². The molecule has 0 saturated heterocycles. The van der Waals surface area contributed by atoms with Crippen LogP contribution in [0.1, 0.15) is 209 Å². The third kappa shape index (κ3) is 17.4. The van der Waals surface area contributed by atoms with Gasteiger partial charge in [0.05, 0.1) is 22.7 Å². The molecule has 0 aliphatic heterocycles. The quantitative estimate of drug-likeness (QED) is 0.0951. The summed E-state index contributed by atoms with van der Waals surface area (Å²) >= 11 is 0. The monoisotopic (exact) mass is 1620 g/mol. The molecule has 124 heavy (non-hydrogen) atoms. The second kappa shape index (κ2) is 32.5. The average molecular weight is 1620 g/mol. The predicted octanol–water partition coefficient (Wildman–Crippen LogP) is 35.4. The van der Waals surface area contributed by atoms with E-state index in [2.05, 4.69) is 503 Å². The van der Waals surface area contributed by atoms with E-state index in [9.17, 15) is 0 Å². The Kier molecular flexibility index (Phi) is 22.4. The summed E-state index contributed by atoms with van der Waals surface area (Å²) < 4.78 is 0. The Bertz CT molecular complexity index is 6580. The van der Waals surface area contributed by atoms with Crippen LogP contribution in [0.25, 0.3) is 110 Å². The molecule has 0 unspecified atom stereocenters. The molecule has 2 nitrogen and oxygen atoms in total. The molecule has 0 heterocycles. The summed E-state index contributed by atoms with van der Waals surface area (Å²) in [7, 11) is 0. The highest BCUT2D eigenvalue weighted by molar-refractivity contribution is 6.12. The molecule has 0 N–H and O–H groups in total. The molecule has 624 valence electrons. The lowest BCUT2D eigenvalue weighted by atomic mass is 9.74. The van der Waals surface area contributed by atoms with Crippen LogP contribution >= 0.6 is 0 Å². The van der Waals surface area contributed by atoms with Crippen LogP contribution < -0.4 is 9.80 Å². The predicted molar refractivity (Wildman–Crippen MR) is 540 cm³/mol. The van der Waals surface area contributed by atoms with Crippen molar-refractivity contribution in [3.05, 3.63) is 384 Å². The highest BCUT2D eigenvalue weighted by atomic mass is 15.2. The van der Waals surface area contributed by atoms with E-state index in [1.54, 1.807) is 0 Å². The minimum atomic E-state index is -0.290. The number of anilines is 6. The lowest BCUT2D eigenvalue weighted by molar-refractivity contribution is 0.518. The number of nitrogens with zero attached hydrogens (tertiary/aromatic N) is 2. The zero-order chi connectivity index (χ0) is 88.0. The van der Waals surface area contributed by atoms with Gasteiger partial charge in [-0.3, -0.25) is 0 Å². The molecule has 0 saturated carbocycles. The third-order valence-corrected chi connectivity index (χ3v) is 25.8. The molecule has 0 fully saturated rings. The summed E-state index contributed by atoms with van der Waals surface area (Å²) in [5.74, 6) is 0. The Hall–Kier alpha value is -12.1. The maximum Gasteiger partial charge on any atom is 0.0546 e. The smallest absolute Gasteiger partial charge is 0.0546 e. The van der Waals surface area contributed by atoms with Gasteiger partial charge in [-0.2, -0.15) is 0 Å². The van der Waals surface area contributed by atoms with Gasteiger partial charge in [-0.1, -0.05) is 444 Å². The fourth-order valence-corrected chi connectivity index (χ4v) is 18.3. The minimum Gasteiger partial charge on any atom is -0.309 e. The third-order valence-electron chi connectivity index (χ3n) is 25.8. The first-order chi connectivity index (χ1) is 58.6. The van der Waals surface area contributed by atoms with Crippen LogP contribution in [0, 0.1) is 0 Å². The Balaban J connectivity index is 0.824. The molecular formula is C122H126N2. The van der Waals surface area contributed by atoms with Crippen LogP contribution in [0.2, 0.25) is 0 Å². The minimum absolute atomic E-state index is 0.0559. The SMILES string of the molecule is CC(C)(C)c1cc(-c2cccc3cccc(-c4ccccc4N(c4cc(C(C)(C)C)cc(C(C)(C)C)c4)c4cc(-c5cccc6cc(CC(C)(C)c7cc(-c8cccc9cccc(-c%10ccccc%10N(c%10cc(C(C)(C)C)cc(C(C)(C)C)c%10)c%10ccccc%10-c%10ccccc%10)c89)cc(C(C)(C)C)c7)ccc56)ccc4-c4ccccc4)c23)cc(C(C)(C)C)c1. The molecule has 0 amide bonds. The Morgan fingerprint density at radius 1 is 0.185 bits per heavy atom. The van der Waals surface area contributed by atoms with Gasteiger partial charge < -0.3 is 9.80 Å². The molecule has 0 aromatic heterocycles. The number of fused-ring (bicyclic) bond motifs is 3. The van der Waals surface area contributed by atoms with Crippen molar-refractivity contribution in [2.45, 2.75) is 209 Å². The van der Waals surface area contributed by atoms with Crippen molar-refractivity contribution in [2.75, 3.05) is 9.80 Å². The zero-order valence-corrected chi connectivity index (χ0v) is 77.9. The van der Waals surface area contributed by atoms with Crippen molar-refractivity contribution in [1.82, 2.24) is 0 Å². The summed E-state index contributed by atoms with van der Waals surface area (Å²) in [5, 5.41) is 7.33. The van der Waals surface area contributed by atoms with Crippen molar-refractivity contribution < 1.29 is 0 Å². The van der Waals surface area contributed by atoms with Crippen LogP contribution in [0.5, 0.6) is 0 Å². The largest absolute Gasteiger partial charge is 0.309 e. The van der Waals surface area contributed by atoms with Crippen molar-refractivity contribution >= 4 is 66.4 Å². The second-order valence-corrected chi connectivity index (χ2v) is 42.9. The van der Waals surface area contributed by atoms with Gasteiger partial charge >= 0.3 is 0 Å². The average Bonchev–Trinajstić information content (AvgIpc) is 0.746. The summed E-state index contributed by atoms with van der Waals surface area (Å²) in [6.45, 7) is 54.3. The molecule has 16 aromatic rings. The first kappa shape index (κ1) is 85.5. The zero-order valence-electron chi connectivity index (χ0n) is 77.9. The van der Waals surface area contributed by atoms with Gasteiger partial charge in [-0.15, -0.1) is 0 Å². The van der Waals surface area contributed by atoms with E-state index in [0.717, 1.165) is 68.4 Å². The Morgan fingerprint density at radius 2 is 0.492 bits per heavy atom. The first-order valence-corrected chi connectivity index (χ1v) is 45.0. The number of rotatable bonds is 16. The van der Waals surface area contributed by atoms with Gasteiger partial charge in [0, 0.05) is 33.6 Å². The first-order valence-electron chi connectivity index (χ1n) is 45.0. The highest BCUT2D eigenvalue weighted by Crippen LogP contribution is 2.54. The summed E-state index contributed by atoms with van der Waals surface area (Å²) in [6, 6.07) is 128. The molecule has 0 bridgehead atoms. The second-order valence-electron chi connectivity index (χ2n) is 42.9. The van der Waals surface area contributed by atoms with Crippen LogP contribution in [0.3, 0.4) is 0 Å². The Morgan fingerprint density at radius 3 is 0.895 bits per heavy atom. The van der Waals surface area contributed by atoms with E-state index < -0.39 is 0 Å². The summed E-state index contributed by atoms with van der Waals surface area (Å²) in [5.41, 5.74) is 34.1. The molecule has 0 spiro atoms. The normalized spacial score (nSPS) is 12.7. The van der Waals surface area contributed by atoms with Crippen molar-refractivity contribution in [1.29, 1.82) is 0 Å². The number of benzene rings is 16. The molecule has 0 aliphatic carbocycles. The maximum atomic E-state index is 2.62. The van der Waals surface area contributed by atoms with Crippen molar-refractivity contribution in [3.63, 3.8) is 0 Å². The van der Waals surface area contributed by atoms with E-state index in [0.29, 0.717) is 0 Å². The van der Waals surface area contributed by atoms with Crippen molar-refractivity contribution in [3.8, 4) is 77.9 Å². The maximum absolute atomic E-state index is 2.62. The summed E-state index contributed by atoms with van der Waals surface area (Å²) in [4.78, 5) is 5.17. The molecule has 2 heteroatoms. The highest BCUT2D eigenvalue weighted by Gasteiger charge is 2.33. The van der Waals surface area contributed by atoms with Crippen LogP contribution in [-0.2, 0) is 49.7 Å². The van der Waals surface area contributed by atoms with Gasteiger partial charge in [0.15, 0.2) is 0 Å². The molecule has 16 rings (SSSR count). The topological polar surface area (TPSA) is 6.48 Å². The van der Waals surface area contributed by atoms with E-state index >= 15 is 0 Å². The molecule has 16 aromatic carbocycles. The van der Waals surface area contributed by atoms with Gasteiger partial charge in [-0.05, 0) is 236 Å². The fourth-order valence-electron chi connectivity index (χ4n) is 18.3. The number of para-hydroxylation sites is 3. The lowest BCUT2D eigenvalue weighted by Gasteiger charge is -2.34. The van der Waals surface area contributed by atoms with E-state index in [1.165, 1.54) is 132 Å². The van der Waals surface area contributed by atoms with Crippen LogP contribution in [0.4, 0.5) is 34.1 Å². The summed E-state index contributed by atoms with van der Waals surface area (Å²) in [6.07, 6.45) is 0.829. The fraction of sp³-hybridized carbons (Fsp3) is 0.262. The van der Waals surface area contributed by atoms with Gasteiger partial charge in [0.25, 0.3) is 0 Å². The molecule has 0 atom stereocenters.